The van der Waals surface area contributed by atoms with Crippen LogP contribution >= 0.6 is 0 Å². The van der Waals surface area contributed by atoms with Crippen molar-refractivity contribution in [3.63, 3.8) is 0 Å². The Hall–Kier alpha value is -1.31. The average Bonchev–Trinajstić information content (AvgIpc) is 2.26. The SMILES string of the molecule is CCN(c1ccccc1C(=O)C(C)(C)C)C(C)(C)C. The van der Waals surface area contributed by atoms with E-state index in [1.807, 2.05) is 45.0 Å². The lowest BCUT2D eigenvalue weighted by molar-refractivity contribution is 0.0858. The van der Waals surface area contributed by atoms with Gasteiger partial charge in [-0.3, -0.25) is 4.79 Å². The van der Waals surface area contributed by atoms with Gasteiger partial charge in [0.1, 0.15) is 0 Å². The molecule has 2 nitrogen and oxygen atoms in total. The molecule has 1 aromatic rings. The second kappa shape index (κ2) is 5.36. The minimum Gasteiger partial charge on any atom is -0.366 e. The van der Waals surface area contributed by atoms with Crippen LogP contribution in [0.5, 0.6) is 0 Å². The van der Waals surface area contributed by atoms with Gasteiger partial charge in [0.05, 0.1) is 0 Å². The lowest BCUT2D eigenvalue weighted by atomic mass is 9.85. The van der Waals surface area contributed by atoms with Gasteiger partial charge >= 0.3 is 0 Å². The summed E-state index contributed by atoms with van der Waals surface area (Å²) in [5, 5.41) is 0. The number of benzene rings is 1. The number of anilines is 1. The Morgan fingerprint density at radius 1 is 1.05 bits per heavy atom. The molecule has 0 unspecified atom stereocenters. The maximum absolute atomic E-state index is 12.6. The molecule has 0 saturated carbocycles. The smallest absolute Gasteiger partial charge is 0.170 e. The molecule has 1 aromatic carbocycles. The summed E-state index contributed by atoms with van der Waals surface area (Å²) in [5.41, 5.74) is 1.51. The van der Waals surface area contributed by atoms with E-state index < -0.39 is 0 Å². The molecule has 1 rings (SSSR count). The van der Waals surface area contributed by atoms with E-state index in [0.717, 1.165) is 17.8 Å². The first-order valence-electron chi connectivity index (χ1n) is 7.00. The first-order chi connectivity index (χ1) is 8.59. The maximum atomic E-state index is 12.6. The number of hydrogen-bond donors (Lipinski definition) is 0. The summed E-state index contributed by atoms with van der Waals surface area (Å²) in [6.07, 6.45) is 0. The second-order valence-electron chi connectivity index (χ2n) is 7.01. The van der Waals surface area contributed by atoms with Gasteiger partial charge in [-0.05, 0) is 39.8 Å². The summed E-state index contributed by atoms with van der Waals surface area (Å²) >= 11 is 0. The molecule has 0 spiro atoms. The fraction of sp³-hybridized carbons (Fsp3) is 0.588. The van der Waals surface area contributed by atoms with Crippen molar-refractivity contribution in [3.8, 4) is 0 Å². The molecule has 0 amide bonds. The van der Waals surface area contributed by atoms with Crippen LogP contribution in [0.4, 0.5) is 5.69 Å². The fourth-order valence-electron chi connectivity index (χ4n) is 2.31. The highest BCUT2D eigenvalue weighted by Crippen LogP contribution is 2.31. The van der Waals surface area contributed by atoms with Gasteiger partial charge < -0.3 is 4.90 Å². The van der Waals surface area contributed by atoms with Gasteiger partial charge in [0.2, 0.25) is 0 Å². The van der Waals surface area contributed by atoms with E-state index in [2.05, 4.69) is 32.6 Å². The van der Waals surface area contributed by atoms with E-state index in [1.54, 1.807) is 0 Å². The number of nitrogens with zero attached hydrogens (tertiary/aromatic N) is 1. The van der Waals surface area contributed by atoms with Crippen molar-refractivity contribution in [2.45, 2.75) is 54.0 Å². The van der Waals surface area contributed by atoms with Crippen molar-refractivity contribution >= 4 is 11.5 Å². The fourth-order valence-corrected chi connectivity index (χ4v) is 2.31. The number of carbonyl (C=O) groups excluding carboxylic acids is 1. The topological polar surface area (TPSA) is 20.3 Å². The van der Waals surface area contributed by atoms with E-state index in [9.17, 15) is 4.79 Å². The van der Waals surface area contributed by atoms with E-state index in [-0.39, 0.29) is 16.7 Å². The predicted molar refractivity (Wildman–Crippen MR) is 83.0 cm³/mol. The molecule has 0 aliphatic rings. The van der Waals surface area contributed by atoms with Crippen molar-refractivity contribution in [1.82, 2.24) is 0 Å². The third-order valence-electron chi connectivity index (χ3n) is 3.25. The van der Waals surface area contributed by atoms with Crippen LogP contribution in [0.1, 0.15) is 58.8 Å². The molecule has 19 heavy (non-hydrogen) atoms. The number of hydrogen-bond acceptors (Lipinski definition) is 2. The molecule has 0 fully saturated rings. The lowest BCUT2D eigenvalue weighted by Crippen LogP contribution is -2.42. The van der Waals surface area contributed by atoms with Gasteiger partial charge in [-0.25, -0.2) is 0 Å². The predicted octanol–water partition coefficient (Wildman–Crippen LogP) is 4.54. The van der Waals surface area contributed by atoms with Crippen LogP contribution < -0.4 is 4.90 Å². The van der Waals surface area contributed by atoms with Crippen LogP contribution in [0, 0.1) is 5.41 Å². The number of Topliss-reactive ketones (excluding diaryl/α,β-unsaturated/α-hetero) is 1. The average molecular weight is 261 g/mol. The minimum atomic E-state index is -0.354. The van der Waals surface area contributed by atoms with E-state index >= 15 is 0 Å². The molecule has 2 heteroatoms. The number of para-hydroxylation sites is 1. The van der Waals surface area contributed by atoms with Gasteiger partial charge in [-0.1, -0.05) is 32.9 Å². The first-order valence-corrected chi connectivity index (χ1v) is 7.00. The summed E-state index contributed by atoms with van der Waals surface area (Å²) in [6.45, 7) is 15.5. The zero-order valence-electron chi connectivity index (χ0n) is 13.4. The monoisotopic (exact) mass is 261 g/mol. The molecule has 0 bridgehead atoms. The number of carbonyl (C=O) groups is 1. The minimum absolute atomic E-state index is 0.00299. The second-order valence-corrected chi connectivity index (χ2v) is 7.01. The molecule has 0 atom stereocenters. The summed E-state index contributed by atoms with van der Waals surface area (Å²) in [6, 6.07) is 7.94. The largest absolute Gasteiger partial charge is 0.366 e. The van der Waals surface area contributed by atoms with Gasteiger partial charge in [-0.2, -0.15) is 0 Å². The zero-order chi connectivity index (χ0) is 14.8. The van der Waals surface area contributed by atoms with E-state index in [4.69, 9.17) is 0 Å². The summed E-state index contributed by atoms with van der Waals surface area (Å²) in [5.74, 6) is 0.200. The van der Waals surface area contributed by atoms with Crippen LogP contribution in [0.25, 0.3) is 0 Å². The standard InChI is InChI=1S/C17H27NO/c1-8-18(17(5,6)7)14-12-10-9-11-13(14)15(19)16(2,3)4/h9-12H,8H2,1-7H3. The van der Waals surface area contributed by atoms with Gasteiger partial charge in [-0.15, -0.1) is 0 Å². The van der Waals surface area contributed by atoms with Crippen molar-refractivity contribution in [1.29, 1.82) is 0 Å². The van der Waals surface area contributed by atoms with Crippen molar-refractivity contribution in [3.05, 3.63) is 29.8 Å². The summed E-state index contributed by atoms with van der Waals surface area (Å²) in [7, 11) is 0. The summed E-state index contributed by atoms with van der Waals surface area (Å²) < 4.78 is 0. The molecular weight excluding hydrogens is 234 g/mol. The maximum Gasteiger partial charge on any atom is 0.170 e. The Balaban J connectivity index is 3.34. The van der Waals surface area contributed by atoms with Gasteiger partial charge in [0.25, 0.3) is 0 Å². The molecule has 0 heterocycles. The molecule has 0 N–H and O–H groups in total. The Labute approximate surface area is 117 Å². The van der Waals surface area contributed by atoms with Crippen molar-refractivity contribution < 1.29 is 4.79 Å². The van der Waals surface area contributed by atoms with Gasteiger partial charge in [0.15, 0.2) is 5.78 Å². The Bertz CT molecular complexity index is 449. The molecule has 0 aliphatic carbocycles. The Morgan fingerprint density at radius 2 is 1.58 bits per heavy atom. The Morgan fingerprint density at radius 3 is 2.00 bits per heavy atom. The van der Waals surface area contributed by atoms with Crippen LogP contribution in [0.3, 0.4) is 0 Å². The number of ketones is 1. The molecular formula is C17H27NO. The highest BCUT2D eigenvalue weighted by molar-refractivity contribution is 6.04. The molecule has 0 aliphatic heterocycles. The first kappa shape index (κ1) is 15.7. The number of rotatable bonds is 3. The van der Waals surface area contributed by atoms with Crippen LogP contribution in [0.15, 0.2) is 24.3 Å². The third-order valence-corrected chi connectivity index (χ3v) is 3.25. The van der Waals surface area contributed by atoms with E-state index in [0.29, 0.717) is 0 Å². The zero-order valence-corrected chi connectivity index (χ0v) is 13.4. The molecule has 0 saturated heterocycles. The normalized spacial score (nSPS) is 12.4. The molecule has 0 radical (unpaired) electrons. The third kappa shape index (κ3) is 3.59. The summed E-state index contributed by atoms with van der Waals surface area (Å²) in [4.78, 5) is 14.9. The van der Waals surface area contributed by atoms with E-state index in [1.165, 1.54) is 0 Å². The van der Waals surface area contributed by atoms with Crippen LogP contribution in [-0.4, -0.2) is 17.9 Å². The quantitative estimate of drug-likeness (QED) is 0.744. The molecule has 106 valence electrons. The van der Waals surface area contributed by atoms with Crippen LogP contribution in [0.2, 0.25) is 0 Å². The highest BCUT2D eigenvalue weighted by atomic mass is 16.1. The Kier molecular flexibility index (Phi) is 4.44. The highest BCUT2D eigenvalue weighted by Gasteiger charge is 2.29. The van der Waals surface area contributed by atoms with Gasteiger partial charge in [0, 0.05) is 28.7 Å². The van der Waals surface area contributed by atoms with Crippen molar-refractivity contribution in [2.24, 2.45) is 5.41 Å². The lowest BCUT2D eigenvalue weighted by Gasteiger charge is -2.38. The van der Waals surface area contributed by atoms with Crippen LogP contribution in [-0.2, 0) is 0 Å². The molecule has 0 aromatic heterocycles. The van der Waals surface area contributed by atoms with Crippen molar-refractivity contribution in [2.75, 3.05) is 11.4 Å².